The average molecular weight is 542 g/mol. The molecule has 0 saturated carbocycles. The topological polar surface area (TPSA) is 98.7 Å². The smallest absolute Gasteiger partial charge is 0.303 e. The van der Waals surface area contributed by atoms with E-state index in [0.29, 0.717) is 31.6 Å². The standard InChI is InChI=1S/C33H39N3O4/c1-4-22(2)32(33(40)35-29-12-8-9-25(23(29)3)17-18-31(38)39)26-15-13-24(14-16-26)19-27-21-36(34-20-30(27)37)28-10-6-5-7-11-28/h5-16,22,27,32,34H,4,17-21H2,1-3H3,(H,35,40)(H,38,39). The van der Waals surface area contributed by atoms with E-state index < -0.39 is 5.97 Å². The number of amides is 1. The fraction of sp³-hybridized carbons (Fsp3) is 0.364. The Hall–Kier alpha value is -3.97. The number of ketones is 1. The zero-order valence-electron chi connectivity index (χ0n) is 23.5. The second-order valence-electron chi connectivity index (χ2n) is 10.7. The maximum Gasteiger partial charge on any atom is 0.303 e. The number of carbonyl (C=O) groups excluding carboxylic acids is 2. The summed E-state index contributed by atoms with van der Waals surface area (Å²) in [4.78, 5) is 37.3. The first kappa shape index (κ1) is 29.0. The Bertz CT molecular complexity index is 1320. The number of aryl methyl sites for hydroxylation is 1. The molecule has 3 atom stereocenters. The van der Waals surface area contributed by atoms with Crippen LogP contribution in [0.1, 0.15) is 54.9 Å². The van der Waals surface area contributed by atoms with E-state index in [-0.39, 0.29) is 35.9 Å². The highest BCUT2D eigenvalue weighted by atomic mass is 16.4. The van der Waals surface area contributed by atoms with E-state index in [9.17, 15) is 14.4 Å². The van der Waals surface area contributed by atoms with Gasteiger partial charge in [0.1, 0.15) is 0 Å². The third-order valence-corrected chi connectivity index (χ3v) is 8.00. The van der Waals surface area contributed by atoms with Gasteiger partial charge in [0.05, 0.1) is 18.2 Å². The maximum atomic E-state index is 13.6. The monoisotopic (exact) mass is 541 g/mol. The second kappa shape index (κ2) is 13.4. The van der Waals surface area contributed by atoms with Crippen LogP contribution in [0.2, 0.25) is 0 Å². The highest BCUT2D eigenvalue weighted by Gasteiger charge is 2.29. The Morgan fingerprint density at radius 3 is 2.45 bits per heavy atom. The zero-order valence-corrected chi connectivity index (χ0v) is 23.5. The molecule has 3 aromatic rings. The van der Waals surface area contributed by atoms with Crippen molar-refractivity contribution >= 4 is 29.0 Å². The molecule has 0 spiro atoms. The summed E-state index contributed by atoms with van der Waals surface area (Å²) >= 11 is 0. The average Bonchev–Trinajstić information content (AvgIpc) is 2.96. The van der Waals surface area contributed by atoms with Gasteiger partial charge >= 0.3 is 5.97 Å². The number of nitrogens with one attached hydrogen (secondary N) is 2. The van der Waals surface area contributed by atoms with Crippen LogP contribution >= 0.6 is 0 Å². The van der Waals surface area contributed by atoms with Crippen molar-refractivity contribution in [2.45, 2.75) is 52.4 Å². The Kier molecular flexibility index (Phi) is 9.72. The van der Waals surface area contributed by atoms with Crippen molar-refractivity contribution in [2.24, 2.45) is 11.8 Å². The summed E-state index contributed by atoms with van der Waals surface area (Å²) < 4.78 is 0. The number of hydrogen-bond acceptors (Lipinski definition) is 5. The van der Waals surface area contributed by atoms with E-state index in [0.717, 1.165) is 34.4 Å². The van der Waals surface area contributed by atoms with Crippen molar-refractivity contribution in [1.82, 2.24) is 5.43 Å². The summed E-state index contributed by atoms with van der Waals surface area (Å²) in [7, 11) is 0. The molecule has 1 saturated heterocycles. The van der Waals surface area contributed by atoms with Crippen LogP contribution in [0.3, 0.4) is 0 Å². The zero-order chi connectivity index (χ0) is 28.6. The lowest BCUT2D eigenvalue weighted by molar-refractivity contribution is -0.137. The molecule has 3 N–H and O–H groups in total. The van der Waals surface area contributed by atoms with E-state index in [1.807, 2.05) is 84.7 Å². The van der Waals surface area contributed by atoms with E-state index in [1.165, 1.54) is 0 Å². The number of rotatable bonds is 11. The largest absolute Gasteiger partial charge is 0.481 e. The number of carboxylic acids is 1. The third kappa shape index (κ3) is 7.16. The van der Waals surface area contributed by atoms with Crippen molar-refractivity contribution in [3.63, 3.8) is 0 Å². The summed E-state index contributed by atoms with van der Waals surface area (Å²) in [6.07, 6.45) is 1.96. The molecule has 1 heterocycles. The van der Waals surface area contributed by atoms with Crippen molar-refractivity contribution in [3.05, 3.63) is 95.1 Å². The minimum absolute atomic E-state index is 0.0489. The summed E-state index contributed by atoms with van der Waals surface area (Å²) in [6, 6.07) is 23.8. The molecule has 0 aromatic heterocycles. The SMILES string of the molecule is CCC(C)C(C(=O)Nc1cccc(CCC(=O)O)c1C)c1ccc(CC2CN(c3ccccc3)NCC2=O)cc1. The lowest BCUT2D eigenvalue weighted by atomic mass is 9.83. The summed E-state index contributed by atoms with van der Waals surface area (Å²) in [5.74, 6) is -1.05. The van der Waals surface area contributed by atoms with Gasteiger partial charge in [-0.2, -0.15) is 0 Å². The Labute approximate surface area is 236 Å². The van der Waals surface area contributed by atoms with Gasteiger partial charge in [-0.15, -0.1) is 0 Å². The number of hydrogen-bond donors (Lipinski definition) is 3. The second-order valence-corrected chi connectivity index (χ2v) is 10.7. The normalized spacial score (nSPS) is 16.8. The van der Waals surface area contributed by atoms with Crippen molar-refractivity contribution < 1.29 is 19.5 Å². The molecule has 1 fully saturated rings. The molecule has 3 unspecified atom stereocenters. The predicted octanol–water partition coefficient (Wildman–Crippen LogP) is 5.53. The van der Waals surface area contributed by atoms with Gasteiger partial charge in [-0.1, -0.05) is 74.9 Å². The van der Waals surface area contributed by atoms with Crippen LogP contribution in [0.15, 0.2) is 72.8 Å². The molecule has 0 aliphatic carbocycles. The van der Waals surface area contributed by atoms with Gasteiger partial charge in [0, 0.05) is 24.6 Å². The van der Waals surface area contributed by atoms with E-state index in [2.05, 4.69) is 24.6 Å². The minimum atomic E-state index is -0.841. The van der Waals surface area contributed by atoms with Crippen LogP contribution in [-0.2, 0) is 27.2 Å². The van der Waals surface area contributed by atoms with Gasteiger partial charge in [0.2, 0.25) is 5.91 Å². The predicted molar refractivity (Wildman–Crippen MR) is 158 cm³/mol. The van der Waals surface area contributed by atoms with E-state index >= 15 is 0 Å². The number of anilines is 2. The molecule has 1 amide bonds. The molecule has 40 heavy (non-hydrogen) atoms. The third-order valence-electron chi connectivity index (χ3n) is 8.00. The summed E-state index contributed by atoms with van der Waals surface area (Å²) in [6.45, 7) is 7.00. The molecule has 4 rings (SSSR count). The number of nitrogens with zero attached hydrogens (tertiary/aromatic N) is 1. The van der Waals surface area contributed by atoms with Crippen LogP contribution in [-0.4, -0.2) is 35.9 Å². The number of carbonyl (C=O) groups is 3. The number of hydrazine groups is 1. The highest BCUT2D eigenvalue weighted by Crippen LogP contribution is 2.31. The van der Waals surface area contributed by atoms with E-state index in [4.69, 9.17) is 5.11 Å². The Morgan fingerprint density at radius 1 is 1.05 bits per heavy atom. The van der Waals surface area contributed by atoms with Crippen LogP contribution in [0.25, 0.3) is 0 Å². The summed E-state index contributed by atoms with van der Waals surface area (Å²) in [5, 5.41) is 14.2. The van der Waals surface area contributed by atoms with Crippen molar-refractivity contribution in [2.75, 3.05) is 23.4 Å². The van der Waals surface area contributed by atoms with Gasteiger partial charge in [0.25, 0.3) is 0 Å². The van der Waals surface area contributed by atoms with Gasteiger partial charge in [-0.3, -0.25) is 14.4 Å². The molecule has 210 valence electrons. The lowest BCUT2D eigenvalue weighted by Crippen LogP contribution is -2.52. The van der Waals surface area contributed by atoms with Gasteiger partial charge in [-0.25, -0.2) is 5.43 Å². The molecule has 3 aromatic carbocycles. The first-order valence-electron chi connectivity index (χ1n) is 14.1. The summed E-state index contributed by atoms with van der Waals surface area (Å²) in [5.41, 5.74) is 8.79. The van der Waals surface area contributed by atoms with Crippen molar-refractivity contribution in [1.29, 1.82) is 0 Å². The lowest BCUT2D eigenvalue weighted by Gasteiger charge is -2.34. The fourth-order valence-corrected chi connectivity index (χ4v) is 5.35. The van der Waals surface area contributed by atoms with Gasteiger partial charge in [0.15, 0.2) is 5.78 Å². The van der Waals surface area contributed by atoms with Crippen LogP contribution in [0.5, 0.6) is 0 Å². The number of para-hydroxylation sites is 1. The highest BCUT2D eigenvalue weighted by molar-refractivity contribution is 5.96. The molecule has 7 heteroatoms. The maximum absolute atomic E-state index is 13.6. The number of benzene rings is 3. The minimum Gasteiger partial charge on any atom is -0.481 e. The Morgan fingerprint density at radius 2 is 1.77 bits per heavy atom. The van der Waals surface area contributed by atoms with E-state index in [1.54, 1.807) is 0 Å². The molecule has 0 bridgehead atoms. The fourth-order valence-electron chi connectivity index (χ4n) is 5.35. The molecule has 7 nitrogen and oxygen atoms in total. The molecular formula is C33H39N3O4. The molecule has 1 aliphatic heterocycles. The number of Topliss-reactive ketones (excluding diaryl/α,β-unsaturated/α-hetero) is 1. The number of aliphatic carboxylic acids is 1. The van der Waals surface area contributed by atoms with Crippen LogP contribution in [0, 0.1) is 18.8 Å². The van der Waals surface area contributed by atoms with Crippen LogP contribution in [0.4, 0.5) is 11.4 Å². The van der Waals surface area contributed by atoms with Crippen LogP contribution < -0.4 is 15.8 Å². The van der Waals surface area contributed by atoms with Gasteiger partial charge < -0.3 is 15.4 Å². The first-order valence-corrected chi connectivity index (χ1v) is 14.1. The van der Waals surface area contributed by atoms with Gasteiger partial charge in [-0.05, 0) is 66.1 Å². The first-order chi connectivity index (χ1) is 19.3. The molecular weight excluding hydrogens is 502 g/mol. The Balaban J connectivity index is 1.47. The quantitative estimate of drug-likeness (QED) is 0.295. The number of carboxylic acid groups (broad SMARTS) is 1. The van der Waals surface area contributed by atoms with Crippen molar-refractivity contribution in [3.8, 4) is 0 Å². The molecule has 1 aliphatic rings. The molecule has 0 radical (unpaired) electrons.